The van der Waals surface area contributed by atoms with Gasteiger partial charge in [0.1, 0.15) is 5.75 Å². The minimum Gasteiger partial charge on any atom is -0.497 e. The van der Waals surface area contributed by atoms with E-state index in [1.165, 1.54) is 5.56 Å². The summed E-state index contributed by atoms with van der Waals surface area (Å²) in [5.41, 5.74) is 7.13. The van der Waals surface area contributed by atoms with Crippen molar-refractivity contribution in [1.82, 2.24) is 10.2 Å². The number of hydrogen-bond acceptors (Lipinski definition) is 3. The second-order valence-electron chi connectivity index (χ2n) is 6.61. The highest BCUT2D eigenvalue weighted by atomic mass is 16.5. The lowest BCUT2D eigenvalue weighted by atomic mass is 10.0. The molecule has 0 saturated heterocycles. The first-order valence-electron chi connectivity index (χ1n) is 8.26. The van der Waals surface area contributed by atoms with E-state index < -0.39 is 0 Å². The van der Waals surface area contributed by atoms with Gasteiger partial charge >= 0.3 is 0 Å². The van der Waals surface area contributed by atoms with Crippen molar-refractivity contribution < 1.29 is 4.74 Å². The molecule has 0 amide bonds. The molecular formula is C18H32N4O. The van der Waals surface area contributed by atoms with Crippen LogP contribution in [0.1, 0.15) is 46.2 Å². The summed E-state index contributed by atoms with van der Waals surface area (Å²) in [4.78, 5) is 6.94. The number of nitrogens with two attached hydrogens (primary N) is 1. The Balaban J connectivity index is 2.99. The van der Waals surface area contributed by atoms with Crippen molar-refractivity contribution in [3.05, 3.63) is 29.8 Å². The summed E-state index contributed by atoms with van der Waals surface area (Å²) in [5, 5.41) is 3.21. The molecule has 0 heterocycles. The van der Waals surface area contributed by atoms with Crippen molar-refractivity contribution in [3.8, 4) is 5.75 Å². The van der Waals surface area contributed by atoms with Crippen molar-refractivity contribution in [2.45, 2.75) is 46.2 Å². The lowest BCUT2D eigenvalue weighted by Crippen LogP contribution is -2.45. The van der Waals surface area contributed by atoms with Gasteiger partial charge in [0, 0.05) is 5.54 Å². The fourth-order valence-electron chi connectivity index (χ4n) is 2.55. The molecule has 1 aromatic carbocycles. The van der Waals surface area contributed by atoms with Crippen LogP contribution in [0.3, 0.4) is 0 Å². The summed E-state index contributed by atoms with van der Waals surface area (Å²) < 4.78 is 5.35. The average Bonchev–Trinajstić information content (AvgIpc) is 2.49. The second kappa shape index (κ2) is 8.77. The van der Waals surface area contributed by atoms with Crippen LogP contribution in [0, 0.1) is 0 Å². The summed E-state index contributed by atoms with van der Waals surface area (Å²) >= 11 is 0. The number of methoxy groups -OCH3 is 1. The monoisotopic (exact) mass is 320 g/mol. The molecule has 0 bridgehead atoms. The zero-order chi connectivity index (χ0) is 17.5. The van der Waals surface area contributed by atoms with Crippen LogP contribution in [0.5, 0.6) is 5.75 Å². The highest BCUT2D eigenvalue weighted by Gasteiger charge is 2.19. The first kappa shape index (κ1) is 19.3. The molecule has 1 rings (SSSR count). The molecule has 5 heteroatoms. The Kier molecular flexibility index (Phi) is 7.36. The van der Waals surface area contributed by atoms with Gasteiger partial charge in [-0.25, -0.2) is 0 Å². The van der Waals surface area contributed by atoms with E-state index in [9.17, 15) is 0 Å². The predicted octanol–water partition coefficient (Wildman–Crippen LogP) is 2.78. The quantitative estimate of drug-likeness (QED) is 0.599. The van der Waals surface area contributed by atoms with E-state index in [4.69, 9.17) is 10.5 Å². The molecule has 0 aliphatic rings. The van der Waals surface area contributed by atoms with Crippen molar-refractivity contribution in [1.29, 1.82) is 0 Å². The molecule has 0 aliphatic carbocycles. The lowest BCUT2D eigenvalue weighted by molar-refractivity contribution is 0.224. The van der Waals surface area contributed by atoms with Crippen LogP contribution >= 0.6 is 0 Å². The Bertz CT molecular complexity index is 504. The number of hydrogen-bond donors (Lipinski definition) is 2. The van der Waals surface area contributed by atoms with Gasteiger partial charge in [0.2, 0.25) is 0 Å². The predicted molar refractivity (Wildman–Crippen MR) is 98.0 cm³/mol. The maximum Gasteiger partial charge on any atom is 0.189 e. The number of nitrogens with one attached hydrogen (secondary N) is 1. The third-order valence-corrected chi connectivity index (χ3v) is 3.67. The van der Waals surface area contributed by atoms with Crippen LogP contribution in [0.25, 0.3) is 0 Å². The minimum absolute atomic E-state index is 0.0890. The number of ether oxygens (including phenoxy) is 1. The highest BCUT2D eigenvalue weighted by molar-refractivity contribution is 5.78. The summed E-state index contributed by atoms with van der Waals surface area (Å²) in [5.74, 6) is 1.35. The number of guanidine groups is 1. The van der Waals surface area contributed by atoms with Crippen LogP contribution in [-0.2, 0) is 0 Å². The first-order valence-corrected chi connectivity index (χ1v) is 8.26. The molecule has 130 valence electrons. The Morgan fingerprint density at radius 1 is 1.30 bits per heavy atom. The number of aliphatic imine (C=N–C) groups is 1. The van der Waals surface area contributed by atoms with E-state index in [2.05, 4.69) is 62.0 Å². The number of benzene rings is 1. The fraction of sp³-hybridized carbons (Fsp3) is 0.611. The Labute approximate surface area is 140 Å². The third kappa shape index (κ3) is 6.48. The van der Waals surface area contributed by atoms with E-state index >= 15 is 0 Å². The minimum atomic E-state index is -0.0890. The van der Waals surface area contributed by atoms with E-state index in [0.717, 1.165) is 18.8 Å². The van der Waals surface area contributed by atoms with Gasteiger partial charge in [0.15, 0.2) is 5.96 Å². The molecule has 0 aliphatic heterocycles. The molecule has 0 fully saturated rings. The maximum atomic E-state index is 6.02. The smallest absolute Gasteiger partial charge is 0.189 e. The van der Waals surface area contributed by atoms with Gasteiger partial charge in [-0.05, 0) is 51.6 Å². The standard InChI is InChI=1S/C18H32N4O/c1-7-22(8-2)16(13-20-17(19)21-18(3,4)5)14-10-9-11-15(12-14)23-6/h9-12,16H,7-8,13H2,1-6H3,(H3,19,20,21). The molecule has 0 spiro atoms. The van der Waals surface area contributed by atoms with E-state index in [0.29, 0.717) is 12.5 Å². The van der Waals surface area contributed by atoms with Crippen LogP contribution < -0.4 is 15.8 Å². The van der Waals surface area contributed by atoms with Crippen LogP contribution in [0.15, 0.2) is 29.3 Å². The van der Waals surface area contributed by atoms with Crippen LogP contribution in [0.4, 0.5) is 0 Å². The van der Waals surface area contributed by atoms with Gasteiger partial charge in [0.25, 0.3) is 0 Å². The topological polar surface area (TPSA) is 62.9 Å². The fourth-order valence-corrected chi connectivity index (χ4v) is 2.55. The molecule has 5 nitrogen and oxygen atoms in total. The van der Waals surface area contributed by atoms with Gasteiger partial charge in [-0.15, -0.1) is 0 Å². The molecule has 1 atom stereocenters. The third-order valence-electron chi connectivity index (χ3n) is 3.67. The number of likely N-dealkylation sites (N-methyl/N-ethyl adjacent to an activating group) is 1. The Morgan fingerprint density at radius 3 is 2.48 bits per heavy atom. The van der Waals surface area contributed by atoms with Gasteiger partial charge < -0.3 is 15.8 Å². The van der Waals surface area contributed by atoms with E-state index in [1.54, 1.807) is 7.11 Å². The van der Waals surface area contributed by atoms with Gasteiger partial charge in [-0.1, -0.05) is 26.0 Å². The van der Waals surface area contributed by atoms with Crippen molar-refractivity contribution in [2.24, 2.45) is 10.7 Å². The largest absolute Gasteiger partial charge is 0.497 e. The Hall–Kier alpha value is -1.75. The molecule has 0 radical (unpaired) electrons. The number of nitrogens with zero attached hydrogens (tertiary/aromatic N) is 2. The molecule has 23 heavy (non-hydrogen) atoms. The van der Waals surface area contributed by atoms with Crippen molar-refractivity contribution >= 4 is 5.96 Å². The first-order chi connectivity index (χ1) is 10.8. The van der Waals surface area contributed by atoms with Crippen molar-refractivity contribution in [2.75, 3.05) is 26.7 Å². The summed E-state index contributed by atoms with van der Waals surface area (Å²) in [6.45, 7) is 13.1. The van der Waals surface area contributed by atoms with Crippen LogP contribution in [-0.4, -0.2) is 43.1 Å². The average molecular weight is 320 g/mol. The molecule has 1 unspecified atom stereocenters. The van der Waals surface area contributed by atoms with Gasteiger partial charge in [-0.2, -0.15) is 0 Å². The highest BCUT2D eigenvalue weighted by Crippen LogP contribution is 2.24. The van der Waals surface area contributed by atoms with Crippen molar-refractivity contribution in [3.63, 3.8) is 0 Å². The molecule has 0 aromatic heterocycles. The van der Waals surface area contributed by atoms with E-state index in [1.807, 2.05) is 12.1 Å². The Morgan fingerprint density at radius 2 is 1.96 bits per heavy atom. The summed E-state index contributed by atoms with van der Waals surface area (Å²) in [6, 6.07) is 8.35. The summed E-state index contributed by atoms with van der Waals surface area (Å²) in [7, 11) is 1.69. The second-order valence-corrected chi connectivity index (χ2v) is 6.61. The zero-order valence-corrected chi connectivity index (χ0v) is 15.4. The van der Waals surface area contributed by atoms with Gasteiger partial charge in [-0.3, -0.25) is 9.89 Å². The summed E-state index contributed by atoms with van der Waals surface area (Å²) in [6.07, 6.45) is 0. The molecule has 1 aromatic rings. The van der Waals surface area contributed by atoms with Gasteiger partial charge in [0.05, 0.1) is 19.7 Å². The SMILES string of the molecule is CCN(CC)C(CN=C(N)NC(C)(C)C)c1cccc(OC)c1. The molecule has 0 saturated carbocycles. The normalized spacial score (nSPS) is 14.0. The molecule has 3 N–H and O–H groups in total. The maximum absolute atomic E-state index is 6.02. The van der Waals surface area contributed by atoms with E-state index in [-0.39, 0.29) is 11.6 Å². The zero-order valence-electron chi connectivity index (χ0n) is 15.4. The number of rotatable bonds is 7. The lowest BCUT2D eigenvalue weighted by Gasteiger charge is -2.29. The van der Waals surface area contributed by atoms with Crippen LogP contribution in [0.2, 0.25) is 0 Å². The molecular weight excluding hydrogens is 288 g/mol.